The first-order valence-corrected chi connectivity index (χ1v) is 11.3. The van der Waals surface area contributed by atoms with Gasteiger partial charge >= 0.3 is 0 Å². The van der Waals surface area contributed by atoms with E-state index >= 15 is 0 Å². The van der Waals surface area contributed by atoms with E-state index in [-0.39, 0.29) is 25.0 Å². The summed E-state index contributed by atoms with van der Waals surface area (Å²) < 4.78 is 16.3. The maximum absolute atomic E-state index is 13.3. The van der Waals surface area contributed by atoms with Gasteiger partial charge in [-0.15, -0.1) is 0 Å². The molecular formula is C25H33ClN2O5. The van der Waals surface area contributed by atoms with Gasteiger partial charge in [0, 0.05) is 36.3 Å². The number of carbonyl (C=O) groups is 2. The molecule has 0 bridgehead atoms. The Bertz CT molecular complexity index is 913. The number of carbonyl (C=O) groups excluding carboxylic acids is 2. The topological polar surface area (TPSA) is 77.1 Å². The highest BCUT2D eigenvalue weighted by molar-refractivity contribution is 6.31. The highest BCUT2D eigenvalue weighted by Crippen LogP contribution is 2.27. The molecule has 2 aromatic rings. The number of nitrogens with zero attached hydrogens (tertiary/aromatic N) is 1. The van der Waals surface area contributed by atoms with Crippen LogP contribution in [0.25, 0.3) is 0 Å². The Balaban J connectivity index is 2.25. The molecule has 2 aromatic carbocycles. The first-order chi connectivity index (χ1) is 15.8. The van der Waals surface area contributed by atoms with Crippen LogP contribution in [0.15, 0.2) is 42.5 Å². The molecule has 0 spiro atoms. The monoisotopic (exact) mass is 476 g/mol. The van der Waals surface area contributed by atoms with Crippen LogP contribution in [-0.4, -0.2) is 50.1 Å². The SMILES string of the molecule is CCC(C(=O)NCC(C)C)N(Cc1ccccc1Cl)C(=O)COc1cc(OC)cc(OC)c1. The van der Waals surface area contributed by atoms with Crippen molar-refractivity contribution in [3.05, 3.63) is 53.1 Å². The van der Waals surface area contributed by atoms with Gasteiger partial charge in [-0.2, -0.15) is 0 Å². The number of amides is 2. The second-order valence-electron chi connectivity index (χ2n) is 8.01. The number of methoxy groups -OCH3 is 2. The summed E-state index contributed by atoms with van der Waals surface area (Å²) in [5.41, 5.74) is 0.755. The predicted octanol–water partition coefficient (Wildman–Crippen LogP) is 4.32. The summed E-state index contributed by atoms with van der Waals surface area (Å²) >= 11 is 6.35. The lowest BCUT2D eigenvalue weighted by atomic mass is 10.1. The zero-order valence-corrected chi connectivity index (χ0v) is 20.6. The Hall–Kier alpha value is -2.93. The number of nitrogens with one attached hydrogen (secondary N) is 1. The Labute approximate surface area is 201 Å². The number of halogens is 1. The standard InChI is InChI=1S/C25H33ClN2O5/c1-6-23(25(30)27-14-17(2)3)28(15-18-9-7-8-10-22(18)26)24(29)16-33-21-12-19(31-4)11-20(13-21)32-5/h7-13,17,23H,6,14-16H2,1-5H3,(H,27,30). The quantitative estimate of drug-likeness (QED) is 0.493. The molecule has 33 heavy (non-hydrogen) atoms. The fourth-order valence-corrected chi connectivity index (χ4v) is 3.44. The van der Waals surface area contributed by atoms with Crippen LogP contribution in [0.1, 0.15) is 32.8 Å². The minimum atomic E-state index is -0.657. The molecule has 0 aromatic heterocycles. The third-order valence-electron chi connectivity index (χ3n) is 5.06. The maximum atomic E-state index is 13.3. The molecule has 0 heterocycles. The van der Waals surface area contributed by atoms with E-state index in [1.807, 2.05) is 39.0 Å². The van der Waals surface area contributed by atoms with E-state index in [0.717, 1.165) is 5.56 Å². The third-order valence-corrected chi connectivity index (χ3v) is 5.42. The van der Waals surface area contributed by atoms with Gasteiger partial charge in [0.2, 0.25) is 5.91 Å². The summed E-state index contributed by atoms with van der Waals surface area (Å²) in [6.45, 7) is 6.38. The van der Waals surface area contributed by atoms with Crippen LogP contribution >= 0.6 is 11.6 Å². The highest BCUT2D eigenvalue weighted by atomic mass is 35.5. The van der Waals surface area contributed by atoms with Crippen molar-refractivity contribution in [2.45, 2.75) is 39.8 Å². The molecule has 0 aliphatic heterocycles. The smallest absolute Gasteiger partial charge is 0.261 e. The van der Waals surface area contributed by atoms with Crippen LogP contribution in [0, 0.1) is 5.92 Å². The largest absolute Gasteiger partial charge is 0.496 e. The number of hydrogen-bond donors (Lipinski definition) is 1. The average Bonchev–Trinajstić information content (AvgIpc) is 2.81. The van der Waals surface area contributed by atoms with Crippen molar-refractivity contribution in [1.29, 1.82) is 0 Å². The second kappa shape index (κ2) is 12.9. The molecule has 2 amide bonds. The van der Waals surface area contributed by atoms with E-state index in [1.165, 1.54) is 19.1 Å². The molecule has 1 atom stereocenters. The number of rotatable bonds is 12. The molecular weight excluding hydrogens is 444 g/mol. The zero-order valence-electron chi connectivity index (χ0n) is 19.9. The maximum Gasteiger partial charge on any atom is 0.261 e. The molecule has 0 fully saturated rings. The molecule has 0 aliphatic carbocycles. The van der Waals surface area contributed by atoms with E-state index in [1.54, 1.807) is 24.3 Å². The van der Waals surface area contributed by atoms with Crippen molar-refractivity contribution in [2.75, 3.05) is 27.4 Å². The summed E-state index contributed by atoms with van der Waals surface area (Å²) in [5.74, 6) is 1.28. The second-order valence-corrected chi connectivity index (χ2v) is 8.42. The first-order valence-electron chi connectivity index (χ1n) is 10.9. The van der Waals surface area contributed by atoms with Gasteiger partial charge in [-0.25, -0.2) is 0 Å². The van der Waals surface area contributed by atoms with Gasteiger partial charge in [0.25, 0.3) is 5.91 Å². The van der Waals surface area contributed by atoms with Crippen LogP contribution in [0.2, 0.25) is 5.02 Å². The first kappa shape index (κ1) is 26.3. The Kier molecular flexibility index (Phi) is 10.3. The van der Waals surface area contributed by atoms with Crippen LogP contribution in [-0.2, 0) is 16.1 Å². The van der Waals surface area contributed by atoms with Gasteiger partial charge in [-0.05, 0) is 24.0 Å². The number of hydrogen-bond acceptors (Lipinski definition) is 5. The molecule has 1 unspecified atom stereocenters. The fraction of sp³-hybridized carbons (Fsp3) is 0.440. The van der Waals surface area contributed by atoms with Crippen molar-refractivity contribution < 1.29 is 23.8 Å². The lowest BCUT2D eigenvalue weighted by Gasteiger charge is -2.31. The normalized spacial score (nSPS) is 11.6. The van der Waals surface area contributed by atoms with Crippen LogP contribution in [0.5, 0.6) is 17.2 Å². The van der Waals surface area contributed by atoms with Crippen LogP contribution in [0.4, 0.5) is 0 Å². The van der Waals surface area contributed by atoms with E-state index in [2.05, 4.69) is 5.32 Å². The van der Waals surface area contributed by atoms with E-state index < -0.39 is 6.04 Å². The minimum Gasteiger partial charge on any atom is -0.496 e. The summed E-state index contributed by atoms with van der Waals surface area (Å²) in [6.07, 6.45) is 0.451. The molecule has 8 heteroatoms. The van der Waals surface area contributed by atoms with E-state index in [0.29, 0.717) is 41.2 Å². The molecule has 7 nitrogen and oxygen atoms in total. The van der Waals surface area contributed by atoms with E-state index in [4.69, 9.17) is 25.8 Å². The van der Waals surface area contributed by atoms with Gasteiger partial charge in [0.05, 0.1) is 14.2 Å². The lowest BCUT2D eigenvalue weighted by molar-refractivity contribution is -0.143. The minimum absolute atomic E-state index is 0.191. The third kappa shape index (κ3) is 7.86. The van der Waals surface area contributed by atoms with Gasteiger partial charge < -0.3 is 24.4 Å². The van der Waals surface area contributed by atoms with Gasteiger partial charge in [-0.1, -0.05) is 50.6 Å². The summed E-state index contributed by atoms with van der Waals surface area (Å²) in [5, 5.41) is 3.47. The summed E-state index contributed by atoms with van der Waals surface area (Å²) in [4.78, 5) is 27.8. The zero-order chi connectivity index (χ0) is 24.4. The van der Waals surface area contributed by atoms with Gasteiger partial charge in [0.1, 0.15) is 23.3 Å². The molecule has 0 radical (unpaired) electrons. The number of benzene rings is 2. The Morgan fingerprint density at radius 3 is 2.18 bits per heavy atom. The molecule has 1 N–H and O–H groups in total. The molecule has 2 rings (SSSR count). The Morgan fingerprint density at radius 1 is 1.03 bits per heavy atom. The highest BCUT2D eigenvalue weighted by Gasteiger charge is 2.29. The van der Waals surface area contributed by atoms with Crippen molar-refractivity contribution in [3.8, 4) is 17.2 Å². The van der Waals surface area contributed by atoms with Crippen molar-refractivity contribution in [1.82, 2.24) is 10.2 Å². The molecule has 180 valence electrons. The predicted molar refractivity (Wildman–Crippen MR) is 129 cm³/mol. The molecule has 0 saturated heterocycles. The lowest BCUT2D eigenvalue weighted by Crippen LogP contribution is -2.50. The Morgan fingerprint density at radius 2 is 1.64 bits per heavy atom. The molecule has 0 saturated carbocycles. The fourth-order valence-electron chi connectivity index (χ4n) is 3.24. The average molecular weight is 477 g/mol. The van der Waals surface area contributed by atoms with Crippen LogP contribution in [0.3, 0.4) is 0 Å². The molecule has 0 aliphatic rings. The van der Waals surface area contributed by atoms with E-state index in [9.17, 15) is 9.59 Å². The van der Waals surface area contributed by atoms with Crippen molar-refractivity contribution in [2.24, 2.45) is 5.92 Å². The van der Waals surface area contributed by atoms with Crippen molar-refractivity contribution in [3.63, 3.8) is 0 Å². The van der Waals surface area contributed by atoms with Crippen LogP contribution < -0.4 is 19.5 Å². The van der Waals surface area contributed by atoms with Crippen molar-refractivity contribution >= 4 is 23.4 Å². The summed E-state index contributed by atoms with van der Waals surface area (Å²) in [7, 11) is 3.08. The van der Waals surface area contributed by atoms with Gasteiger partial charge in [-0.3, -0.25) is 9.59 Å². The van der Waals surface area contributed by atoms with Gasteiger partial charge in [0.15, 0.2) is 6.61 Å². The summed E-state index contributed by atoms with van der Waals surface area (Å²) in [6, 6.07) is 11.7. The number of ether oxygens (including phenoxy) is 3.